The summed E-state index contributed by atoms with van der Waals surface area (Å²) in [6.45, 7) is 0.913. The van der Waals surface area contributed by atoms with E-state index in [4.69, 9.17) is 0 Å². The van der Waals surface area contributed by atoms with E-state index in [1.54, 1.807) is 54.6 Å². The molecule has 0 saturated heterocycles. The number of nitrogens with zero attached hydrogens (tertiary/aromatic N) is 1. The van der Waals surface area contributed by atoms with Crippen LogP contribution in [0.3, 0.4) is 0 Å². The molecular weight excluding hydrogens is 433 g/mol. The lowest BCUT2D eigenvalue weighted by Crippen LogP contribution is -2.37. The molecule has 3 aromatic rings. The fraction of sp³-hybridized carbons (Fsp3) is 0.130. The van der Waals surface area contributed by atoms with Crippen LogP contribution in [0.5, 0.6) is 0 Å². The molecule has 3 aromatic carbocycles. The maximum atomic E-state index is 13.3. The van der Waals surface area contributed by atoms with Gasteiger partial charge in [-0.1, -0.05) is 30.3 Å². The number of rotatable bonds is 8. The van der Waals surface area contributed by atoms with Gasteiger partial charge in [-0.3, -0.25) is 9.59 Å². The lowest BCUT2D eigenvalue weighted by atomic mass is 10.2. The third-order valence-electron chi connectivity index (χ3n) is 4.46. The number of hydrogen-bond acceptors (Lipinski definition) is 4. The zero-order chi connectivity index (χ0) is 23.1. The van der Waals surface area contributed by atoms with E-state index in [1.807, 2.05) is 0 Å². The SMILES string of the molecule is CC(=O)Nc1ccc(NC(=O)CN(Cc2ccccc2)S(=O)(=O)c2ccc(F)cc2)cc1. The molecule has 9 heteroatoms. The largest absolute Gasteiger partial charge is 0.326 e. The fourth-order valence-electron chi connectivity index (χ4n) is 2.97. The van der Waals surface area contributed by atoms with Crippen molar-refractivity contribution in [2.75, 3.05) is 17.2 Å². The van der Waals surface area contributed by atoms with Crippen LogP contribution in [-0.2, 0) is 26.2 Å². The maximum absolute atomic E-state index is 13.3. The Balaban J connectivity index is 1.79. The smallest absolute Gasteiger partial charge is 0.243 e. The summed E-state index contributed by atoms with van der Waals surface area (Å²) in [6, 6.07) is 19.7. The molecular formula is C23H22FN3O4S. The molecule has 0 heterocycles. The molecule has 7 nitrogen and oxygen atoms in total. The zero-order valence-electron chi connectivity index (χ0n) is 17.3. The van der Waals surface area contributed by atoms with Crippen LogP contribution < -0.4 is 10.6 Å². The van der Waals surface area contributed by atoms with Crippen LogP contribution in [0.25, 0.3) is 0 Å². The molecule has 0 aromatic heterocycles. The van der Waals surface area contributed by atoms with E-state index < -0.39 is 28.3 Å². The standard InChI is InChI=1S/C23H22FN3O4S/c1-17(28)25-20-9-11-21(12-10-20)26-23(29)16-27(15-18-5-3-2-4-6-18)32(30,31)22-13-7-19(24)8-14-22/h2-14H,15-16H2,1H3,(H,25,28)(H,26,29). The van der Waals surface area contributed by atoms with E-state index in [9.17, 15) is 22.4 Å². The third kappa shape index (κ3) is 6.22. The zero-order valence-corrected chi connectivity index (χ0v) is 18.1. The minimum absolute atomic E-state index is 0.0323. The molecule has 0 fully saturated rings. The van der Waals surface area contributed by atoms with Crippen molar-refractivity contribution in [3.05, 3.63) is 90.2 Å². The maximum Gasteiger partial charge on any atom is 0.243 e. The van der Waals surface area contributed by atoms with E-state index in [2.05, 4.69) is 10.6 Å². The third-order valence-corrected chi connectivity index (χ3v) is 6.27. The summed E-state index contributed by atoms with van der Waals surface area (Å²) in [5.41, 5.74) is 1.72. The normalized spacial score (nSPS) is 11.2. The van der Waals surface area contributed by atoms with Crippen LogP contribution in [0, 0.1) is 5.82 Å². The fourth-order valence-corrected chi connectivity index (χ4v) is 4.35. The molecule has 0 spiro atoms. The second-order valence-corrected chi connectivity index (χ2v) is 8.96. The Hall–Kier alpha value is -3.56. The molecule has 0 atom stereocenters. The summed E-state index contributed by atoms with van der Waals surface area (Å²) in [7, 11) is -4.07. The molecule has 0 saturated carbocycles. The van der Waals surface area contributed by atoms with Crippen LogP contribution in [0.4, 0.5) is 15.8 Å². The van der Waals surface area contributed by atoms with Gasteiger partial charge in [0.1, 0.15) is 5.82 Å². The van der Waals surface area contributed by atoms with Gasteiger partial charge in [0.05, 0.1) is 11.4 Å². The number of amides is 2. The highest BCUT2D eigenvalue weighted by Crippen LogP contribution is 2.20. The quantitative estimate of drug-likeness (QED) is 0.542. The summed E-state index contributed by atoms with van der Waals surface area (Å²) in [5.74, 6) is -1.32. The molecule has 166 valence electrons. The van der Waals surface area contributed by atoms with Gasteiger partial charge < -0.3 is 10.6 Å². The highest BCUT2D eigenvalue weighted by molar-refractivity contribution is 7.89. The van der Waals surface area contributed by atoms with E-state index in [0.29, 0.717) is 16.9 Å². The van der Waals surface area contributed by atoms with Gasteiger partial charge in [0.2, 0.25) is 21.8 Å². The predicted molar refractivity (Wildman–Crippen MR) is 120 cm³/mol. The molecule has 0 aliphatic rings. The Bertz CT molecular complexity index is 1180. The average Bonchev–Trinajstić information content (AvgIpc) is 2.75. The van der Waals surface area contributed by atoms with Crippen molar-refractivity contribution in [1.82, 2.24) is 4.31 Å². The predicted octanol–water partition coefficient (Wildman–Crippen LogP) is 3.61. The van der Waals surface area contributed by atoms with Crippen molar-refractivity contribution < 1.29 is 22.4 Å². The first-order valence-electron chi connectivity index (χ1n) is 9.71. The van der Waals surface area contributed by atoms with Gasteiger partial charge in [-0.15, -0.1) is 0 Å². The van der Waals surface area contributed by atoms with Crippen LogP contribution in [-0.4, -0.2) is 31.1 Å². The molecule has 0 unspecified atom stereocenters. The second-order valence-electron chi connectivity index (χ2n) is 7.02. The number of anilines is 2. The lowest BCUT2D eigenvalue weighted by Gasteiger charge is -2.22. The Kier molecular flexibility index (Phi) is 7.34. The molecule has 0 bridgehead atoms. The van der Waals surface area contributed by atoms with Crippen LogP contribution >= 0.6 is 0 Å². The minimum Gasteiger partial charge on any atom is -0.326 e. The van der Waals surface area contributed by atoms with Gasteiger partial charge in [0.25, 0.3) is 0 Å². The topological polar surface area (TPSA) is 95.6 Å². The van der Waals surface area contributed by atoms with Crippen molar-refractivity contribution in [2.45, 2.75) is 18.4 Å². The van der Waals surface area contributed by atoms with Crippen LogP contribution in [0.1, 0.15) is 12.5 Å². The van der Waals surface area contributed by atoms with E-state index in [1.165, 1.54) is 19.1 Å². The number of benzene rings is 3. The Labute approximate surface area is 185 Å². The summed E-state index contributed by atoms with van der Waals surface area (Å²) >= 11 is 0. The number of nitrogens with one attached hydrogen (secondary N) is 2. The van der Waals surface area contributed by atoms with Gasteiger partial charge in [-0.2, -0.15) is 4.31 Å². The monoisotopic (exact) mass is 455 g/mol. The highest BCUT2D eigenvalue weighted by atomic mass is 32.2. The minimum atomic E-state index is -4.07. The van der Waals surface area contributed by atoms with E-state index in [0.717, 1.165) is 16.4 Å². The number of carbonyl (C=O) groups excluding carboxylic acids is 2. The van der Waals surface area contributed by atoms with E-state index >= 15 is 0 Å². The second kappa shape index (κ2) is 10.2. The molecule has 0 aliphatic carbocycles. The number of carbonyl (C=O) groups is 2. The van der Waals surface area contributed by atoms with Crippen molar-refractivity contribution in [3.8, 4) is 0 Å². The Morgan fingerprint density at radius 2 is 1.41 bits per heavy atom. The van der Waals surface area contributed by atoms with Gasteiger partial charge >= 0.3 is 0 Å². The molecule has 0 radical (unpaired) electrons. The lowest BCUT2D eigenvalue weighted by molar-refractivity contribution is -0.116. The van der Waals surface area contributed by atoms with Gasteiger partial charge in [0, 0.05) is 24.8 Å². The van der Waals surface area contributed by atoms with Crippen molar-refractivity contribution in [3.63, 3.8) is 0 Å². The summed E-state index contributed by atoms with van der Waals surface area (Å²) in [4.78, 5) is 23.7. The first kappa shape index (κ1) is 23.1. The molecule has 2 amide bonds. The molecule has 32 heavy (non-hydrogen) atoms. The Morgan fingerprint density at radius 1 is 0.844 bits per heavy atom. The number of hydrogen-bond donors (Lipinski definition) is 2. The van der Waals surface area contributed by atoms with Gasteiger partial charge in [-0.05, 0) is 54.1 Å². The van der Waals surface area contributed by atoms with Crippen LogP contribution in [0.15, 0.2) is 83.8 Å². The summed E-state index contributed by atoms with van der Waals surface area (Å²) in [6.07, 6.45) is 0. The summed E-state index contributed by atoms with van der Waals surface area (Å²) in [5, 5.41) is 5.27. The number of sulfonamides is 1. The molecule has 0 aliphatic heterocycles. The first-order chi connectivity index (χ1) is 15.2. The molecule has 2 N–H and O–H groups in total. The van der Waals surface area contributed by atoms with Gasteiger partial charge in [0.15, 0.2) is 0 Å². The summed E-state index contributed by atoms with van der Waals surface area (Å²) < 4.78 is 40.6. The van der Waals surface area contributed by atoms with Crippen molar-refractivity contribution >= 4 is 33.2 Å². The average molecular weight is 456 g/mol. The molecule has 3 rings (SSSR count). The van der Waals surface area contributed by atoms with Crippen molar-refractivity contribution in [2.24, 2.45) is 0 Å². The highest BCUT2D eigenvalue weighted by Gasteiger charge is 2.27. The van der Waals surface area contributed by atoms with Crippen molar-refractivity contribution in [1.29, 1.82) is 0 Å². The van der Waals surface area contributed by atoms with Gasteiger partial charge in [-0.25, -0.2) is 12.8 Å². The number of halogens is 1. The van der Waals surface area contributed by atoms with E-state index in [-0.39, 0.29) is 17.3 Å². The van der Waals surface area contributed by atoms with Crippen LogP contribution in [0.2, 0.25) is 0 Å². The first-order valence-corrected chi connectivity index (χ1v) is 11.2. The Morgan fingerprint density at radius 3 is 1.97 bits per heavy atom.